The molecule has 1 fully saturated rings. The molecule has 1 atom stereocenters. The highest BCUT2D eigenvalue weighted by molar-refractivity contribution is 4.83. The molecule has 1 unspecified atom stereocenters. The molecule has 78 valence electrons. The lowest BCUT2D eigenvalue weighted by atomic mass is 9.97. The monoisotopic (exact) mass is 184 g/mol. The van der Waals surface area contributed by atoms with E-state index in [4.69, 9.17) is 5.73 Å². The van der Waals surface area contributed by atoms with Gasteiger partial charge in [0.05, 0.1) is 0 Å². The molecular weight excluding hydrogens is 160 g/mol. The molecular formula is C11H24N2. The normalized spacial score (nSPS) is 26.3. The van der Waals surface area contributed by atoms with Crippen molar-refractivity contribution in [1.29, 1.82) is 0 Å². The fourth-order valence-electron chi connectivity index (χ4n) is 2.25. The Balaban J connectivity index is 2.45. The van der Waals surface area contributed by atoms with Crippen molar-refractivity contribution in [2.45, 2.75) is 58.0 Å². The third-order valence-corrected chi connectivity index (χ3v) is 2.83. The smallest absolute Gasteiger partial charge is 0.0226 e. The molecule has 0 saturated carbocycles. The van der Waals surface area contributed by atoms with Gasteiger partial charge in [-0.25, -0.2) is 0 Å². The Morgan fingerprint density at radius 2 is 2.08 bits per heavy atom. The van der Waals surface area contributed by atoms with E-state index < -0.39 is 0 Å². The molecule has 1 rings (SSSR count). The second kappa shape index (κ2) is 4.43. The second-order valence-corrected chi connectivity index (χ2v) is 5.02. The molecule has 2 nitrogen and oxygen atoms in total. The van der Waals surface area contributed by atoms with Crippen LogP contribution in [0.5, 0.6) is 0 Å². The molecule has 0 aliphatic carbocycles. The minimum Gasteiger partial charge on any atom is -0.324 e. The lowest BCUT2D eigenvalue weighted by Gasteiger charge is -2.39. The van der Waals surface area contributed by atoms with Crippen LogP contribution in [-0.2, 0) is 0 Å². The topological polar surface area (TPSA) is 29.3 Å². The average molecular weight is 184 g/mol. The van der Waals surface area contributed by atoms with Gasteiger partial charge in [0.1, 0.15) is 0 Å². The van der Waals surface area contributed by atoms with E-state index in [1.165, 1.54) is 32.2 Å². The van der Waals surface area contributed by atoms with Crippen molar-refractivity contribution < 1.29 is 0 Å². The standard InChI is InChI=1S/C11H24N2/c1-4-10-7-5-6-8-13(10)9-11(2,3)12/h10H,4-9,12H2,1-3H3. The molecule has 13 heavy (non-hydrogen) atoms. The van der Waals surface area contributed by atoms with E-state index in [-0.39, 0.29) is 5.54 Å². The van der Waals surface area contributed by atoms with Gasteiger partial charge < -0.3 is 5.73 Å². The van der Waals surface area contributed by atoms with Crippen LogP contribution in [0.25, 0.3) is 0 Å². The van der Waals surface area contributed by atoms with Gasteiger partial charge in [-0.1, -0.05) is 13.3 Å². The highest BCUT2D eigenvalue weighted by atomic mass is 15.2. The molecule has 1 heterocycles. The van der Waals surface area contributed by atoms with Gasteiger partial charge >= 0.3 is 0 Å². The van der Waals surface area contributed by atoms with Crippen molar-refractivity contribution in [3.63, 3.8) is 0 Å². The minimum atomic E-state index is -0.0369. The molecule has 0 aromatic heterocycles. The maximum atomic E-state index is 6.04. The zero-order valence-corrected chi connectivity index (χ0v) is 9.34. The third-order valence-electron chi connectivity index (χ3n) is 2.83. The van der Waals surface area contributed by atoms with Gasteiger partial charge in [-0.3, -0.25) is 4.90 Å². The first-order chi connectivity index (χ1) is 6.03. The van der Waals surface area contributed by atoms with Crippen LogP contribution in [0.3, 0.4) is 0 Å². The van der Waals surface area contributed by atoms with E-state index in [0.717, 1.165) is 12.6 Å². The lowest BCUT2D eigenvalue weighted by Crippen LogP contribution is -2.50. The SMILES string of the molecule is CCC1CCCCN1CC(C)(C)N. The van der Waals surface area contributed by atoms with Crippen molar-refractivity contribution in [3.05, 3.63) is 0 Å². The van der Waals surface area contributed by atoms with E-state index >= 15 is 0 Å². The van der Waals surface area contributed by atoms with E-state index in [1.807, 2.05) is 0 Å². The van der Waals surface area contributed by atoms with Crippen LogP contribution in [0.4, 0.5) is 0 Å². The molecule has 1 aliphatic rings. The van der Waals surface area contributed by atoms with Crippen LogP contribution in [0.1, 0.15) is 46.5 Å². The van der Waals surface area contributed by atoms with Crippen LogP contribution in [0.15, 0.2) is 0 Å². The Kier molecular flexibility index (Phi) is 3.74. The van der Waals surface area contributed by atoms with E-state index in [0.29, 0.717) is 0 Å². The summed E-state index contributed by atoms with van der Waals surface area (Å²) in [6.45, 7) is 8.82. The van der Waals surface area contributed by atoms with Gasteiger partial charge in [0.15, 0.2) is 0 Å². The van der Waals surface area contributed by atoms with Crippen LogP contribution in [-0.4, -0.2) is 29.6 Å². The molecule has 0 aromatic rings. The van der Waals surface area contributed by atoms with Crippen LogP contribution >= 0.6 is 0 Å². The highest BCUT2D eigenvalue weighted by Crippen LogP contribution is 2.20. The summed E-state index contributed by atoms with van der Waals surface area (Å²) in [5.41, 5.74) is 6.00. The molecule has 2 heteroatoms. The second-order valence-electron chi connectivity index (χ2n) is 5.02. The molecule has 0 spiro atoms. The summed E-state index contributed by atoms with van der Waals surface area (Å²) in [5, 5.41) is 0. The summed E-state index contributed by atoms with van der Waals surface area (Å²) in [6.07, 6.45) is 5.40. The van der Waals surface area contributed by atoms with Gasteiger partial charge in [-0.2, -0.15) is 0 Å². The van der Waals surface area contributed by atoms with Crippen LogP contribution in [0.2, 0.25) is 0 Å². The van der Waals surface area contributed by atoms with Gasteiger partial charge in [0.25, 0.3) is 0 Å². The number of nitrogens with zero attached hydrogens (tertiary/aromatic N) is 1. The molecule has 1 saturated heterocycles. The third kappa shape index (κ3) is 3.65. The fourth-order valence-corrected chi connectivity index (χ4v) is 2.25. The lowest BCUT2D eigenvalue weighted by molar-refractivity contribution is 0.120. The van der Waals surface area contributed by atoms with Crippen molar-refractivity contribution in [1.82, 2.24) is 4.90 Å². The van der Waals surface area contributed by atoms with Crippen molar-refractivity contribution in [2.24, 2.45) is 5.73 Å². The molecule has 1 aliphatic heterocycles. The predicted molar refractivity (Wildman–Crippen MR) is 57.8 cm³/mol. The summed E-state index contributed by atoms with van der Waals surface area (Å²) >= 11 is 0. The van der Waals surface area contributed by atoms with E-state index in [2.05, 4.69) is 25.7 Å². The Labute approximate surface area is 82.5 Å². The van der Waals surface area contributed by atoms with Crippen molar-refractivity contribution in [2.75, 3.05) is 13.1 Å². The van der Waals surface area contributed by atoms with Gasteiger partial charge in [0, 0.05) is 18.1 Å². The molecule has 0 amide bonds. The highest BCUT2D eigenvalue weighted by Gasteiger charge is 2.24. The first-order valence-corrected chi connectivity index (χ1v) is 5.56. The average Bonchev–Trinajstić information content (AvgIpc) is 2.02. The summed E-state index contributed by atoms with van der Waals surface area (Å²) in [5.74, 6) is 0. The molecule has 0 aromatic carbocycles. The molecule has 2 N–H and O–H groups in total. The summed E-state index contributed by atoms with van der Waals surface area (Å²) < 4.78 is 0. The number of likely N-dealkylation sites (tertiary alicyclic amines) is 1. The van der Waals surface area contributed by atoms with Gasteiger partial charge in [-0.15, -0.1) is 0 Å². The first kappa shape index (κ1) is 11.0. The maximum absolute atomic E-state index is 6.04. The van der Waals surface area contributed by atoms with Crippen LogP contribution in [0, 0.1) is 0 Å². The Hall–Kier alpha value is -0.0800. The number of piperidine rings is 1. The number of rotatable bonds is 3. The summed E-state index contributed by atoms with van der Waals surface area (Å²) in [4.78, 5) is 2.57. The molecule has 0 bridgehead atoms. The zero-order chi connectivity index (χ0) is 9.90. The largest absolute Gasteiger partial charge is 0.324 e. The summed E-state index contributed by atoms with van der Waals surface area (Å²) in [6, 6.07) is 0.788. The van der Waals surface area contributed by atoms with Crippen molar-refractivity contribution in [3.8, 4) is 0 Å². The maximum Gasteiger partial charge on any atom is 0.0226 e. The quantitative estimate of drug-likeness (QED) is 0.727. The van der Waals surface area contributed by atoms with Gasteiger partial charge in [-0.05, 0) is 39.7 Å². The number of hydrogen-bond donors (Lipinski definition) is 1. The van der Waals surface area contributed by atoms with Crippen LogP contribution < -0.4 is 5.73 Å². The fraction of sp³-hybridized carbons (Fsp3) is 1.00. The van der Waals surface area contributed by atoms with Crippen molar-refractivity contribution >= 4 is 0 Å². The van der Waals surface area contributed by atoms with E-state index in [9.17, 15) is 0 Å². The zero-order valence-electron chi connectivity index (χ0n) is 9.34. The Morgan fingerprint density at radius 1 is 1.38 bits per heavy atom. The Bertz CT molecular complexity index is 149. The Morgan fingerprint density at radius 3 is 2.62 bits per heavy atom. The van der Waals surface area contributed by atoms with E-state index in [1.54, 1.807) is 0 Å². The summed E-state index contributed by atoms with van der Waals surface area (Å²) in [7, 11) is 0. The number of nitrogens with two attached hydrogens (primary N) is 1. The van der Waals surface area contributed by atoms with Gasteiger partial charge in [0.2, 0.25) is 0 Å². The first-order valence-electron chi connectivity index (χ1n) is 5.56. The number of hydrogen-bond acceptors (Lipinski definition) is 2. The molecule has 0 radical (unpaired) electrons. The minimum absolute atomic E-state index is 0.0369. The predicted octanol–water partition coefficient (Wildman–Crippen LogP) is 1.99.